The minimum atomic E-state index is -0.332. The van der Waals surface area contributed by atoms with E-state index in [0.29, 0.717) is 5.88 Å². The highest BCUT2D eigenvalue weighted by molar-refractivity contribution is 6.62. The molecule has 0 bridgehead atoms. The molecule has 5 heteroatoms. The quantitative estimate of drug-likeness (QED) is 0.698. The van der Waals surface area contributed by atoms with Crippen LogP contribution in [-0.2, 0) is 9.31 Å². The Balaban J connectivity index is 2.20. The maximum Gasteiger partial charge on any atom is 0.494 e. The molecule has 1 unspecified atom stereocenters. The van der Waals surface area contributed by atoms with Crippen molar-refractivity contribution in [2.75, 3.05) is 7.11 Å². The van der Waals surface area contributed by atoms with Gasteiger partial charge in [-0.3, -0.25) is 0 Å². The van der Waals surface area contributed by atoms with Crippen molar-refractivity contribution >= 4 is 12.6 Å². The van der Waals surface area contributed by atoms with Gasteiger partial charge in [0.15, 0.2) is 0 Å². The van der Waals surface area contributed by atoms with E-state index >= 15 is 0 Å². The smallest absolute Gasteiger partial charge is 0.481 e. The first kappa shape index (κ1) is 11.4. The van der Waals surface area contributed by atoms with Gasteiger partial charge in [0, 0.05) is 12.3 Å². The standard InChI is InChI=1S/C11H16BNO3/c1-8-11(2,3)16-12(15-8)9-5-6-13-10(7-9)14-4/h5-8H,1-4H3. The SMILES string of the molecule is COc1cc(B2OC(C)C(C)(C)O2)ccn1. The Labute approximate surface area is 96.1 Å². The normalized spacial score (nSPS) is 23.5. The van der Waals surface area contributed by atoms with Crippen molar-refractivity contribution in [3.63, 3.8) is 0 Å². The Kier molecular flexibility index (Phi) is 2.91. The topological polar surface area (TPSA) is 40.6 Å². The molecule has 1 aromatic heterocycles. The molecule has 0 N–H and O–H groups in total. The molecule has 0 radical (unpaired) electrons. The number of hydrogen-bond donors (Lipinski definition) is 0. The molecule has 1 atom stereocenters. The van der Waals surface area contributed by atoms with Crippen LogP contribution in [0.25, 0.3) is 0 Å². The first-order valence-electron chi connectivity index (χ1n) is 5.36. The maximum absolute atomic E-state index is 5.84. The highest BCUT2D eigenvalue weighted by Gasteiger charge is 2.43. The summed E-state index contributed by atoms with van der Waals surface area (Å²) in [4.78, 5) is 4.05. The number of aromatic nitrogens is 1. The molecule has 0 amide bonds. The van der Waals surface area contributed by atoms with Crippen molar-refractivity contribution in [2.24, 2.45) is 0 Å². The van der Waals surface area contributed by atoms with Gasteiger partial charge in [-0.05, 0) is 32.3 Å². The minimum Gasteiger partial charge on any atom is -0.481 e. The maximum atomic E-state index is 5.84. The zero-order valence-corrected chi connectivity index (χ0v) is 10.1. The molecule has 4 nitrogen and oxygen atoms in total. The molecular formula is C11H16BNO3. The zero-order chi connectivity index (χ0) is 11.8. The molecule has 0 spiro atoms. The lowest BCUT2D eigenvalue weighted by Crippen LogP contribution is -2.34. The Morgan fingerprint density at radius 3 is 2.81 bits per heavy atom. The van der Waals surface area contributed by atoms with Crippen molar-refractivity contribution in [1.82, 2.24) is 4.98 Å². The second-order valence-corrected chi connectivity index (χ2v) is 4.46. The van der Waals surface area contributed by atoms with E-state index in [9.17, 15) is 0 Å². The van der Waals surface area contributed by atoms with Crippen molar-refractivity contribution in [3.8, 4) is 5.88 Å². The van der Waals surface area contributed by atoms with E-state index in [0.717, 1.165) is 5.46 Å². The fourth-order valence-electron chi connectivity index (χ4n) is 1.58. The Bertz CT molecular complexity index is 383. The molecule has 86 valence electrons. The van der Waals surface area contributed by atoms with Crippen LogP contribution >= 0.6 is 0 Å². The lowest BCUT2D eigenvalue weighted by Gasteiger charge is -2.21. The molecule has 1 aliphatic heterocycles. The highest BCUT2D eigenvalue weighted by Crippen LogP contribution is 2.26. The number of pyridine rings is 1. The lowest BCUT2D eigenvalue weighted by atomic mass is 9.80. The number of ether oxygens (including phenoxy) is 1. The van der Waals surface area contributed by atoms with Crippen LogP contribution in [0.4, 0.5) is 0 Å². The fourth-order valence-corrected chi connectivity index (χ4v) is 1.58. The van der Waals surface area contributed by atoms with Crippen LogP contribution in [0, 0.1) is 0 Å². The summed E-state index contributed by atoms with van der Waals surface area (Å²) in [5.41, 5.74) is 0.672. The van der Waals surface area contributed by atoms with E-state index in [1.54, 1.807) is 13.3 Å². The Morgan fingerprint density at radius 2 is 2.25 bits per heavy atom. The molecule has 0 saturated carbocycles. The lowest BCUT2D eigenvalue weighted by molar-refractivity contribution is 0.0842. The summed E-state index contributed by atoms with van der Waals surface area (Å²) in [6.45, 7) is 6.06. The molecule has 2 heterocycles. The van der Waals surface area contributed by atoms with Crippen molar-refractivity contribution in [2.45, 2.75) is 32.5 Å². The fraction of sp³-hybridized carbons (Fsp3) is 0.545. The number of methoxy groups -OCH3 is 1. The van der Waals surface area contributed by atoms with Gasteiger partial charge in [-0.25, -0.2) is 4.98 Å². The summed E-state index contributed by atoms with van der Waals surface area (Å²) < 4.78 is 16.7. The monoisotopic (exact) mass is 221 g/mol. The predicted molar refractivity (Wildman–Crippen MR) is 61.9 cm³/mol. The van der Waals surface area contributed by atoms with Gasteiger partial charge >= 0.3 is 7.12 Å². The van der Waals surface area contributed by atoms with Crippen molar-refractivity contribution < 1.29 is 14.0 Å². The molecule has 1 aliphatic rings. The average molecular weight is 221 g/mol. The van der Waals surface area contributed by atoms with Crippen LogP contribution in [0.15, 0.2) is 18.3 Å². The van der Waals surface area contributed by atoms with Gasteiger partial charge in [-0.2, -0.15) is 0 Å². The summed E-state index contributed by atoms with van der Waals surface area (Å²) in [5, 5.41) is 0. The van der Waals surface area contributed by atoms with E-state index in [-0.39, 0.29) is 18.8 Å². The van der Waals surface area contributed by atoms with Gasteiger partial charge in [-0.15, -0.1) is 0 Å². The van der Waals surface area contributed by atoms with Crippen LogP contribution in [-0.4, -0.2) is 30.9 Å². The number of rotatable bonds is 2. The molecule has 1 aromatic rings. The average Bonchev–Trinajstić information content (AvgIpc) is 2.54. The summed E-state index contributed by atoms with van der Waals surface area (Å²) in [7, 11) is 1.26. The van der Waals surface area contributed by atoms with E-state index < -0.39 is 0 Å². The molecule has 0 aromatic carbocycles. The Hall–Kier alpha value is -1.07. The first-order chi connectivity index (χ1) is 7.53. The van der Waals surface area contributed by atoms with Gasteiger partial charge in [0.05, 0.1) is 18.8 Å². The van der Waals surface area contributed by atoms with Crippen molar-refractivity contribution in [1.29, 1.82) is 0 Å². The van der Waals surface area contributed by atoms with Crippen LogP contribution in [0.1, 0.15) is 20.8 Å². The third-order valence-corrected chi connectivity index (χ3v) is 2.96. The van der Waals surface area contributed by atoms with Crippen LogP contribution in [0.3, 0.4) is 0 Å². The summed E-state index contributed by atoms with van der Waals surface area (Å²) in [6, 6.07) is 3.71. The van der Waals surface area contributed by atoms with Gasteiger partial charge in [0.25, 0.3) is 0 Å². The summed E-state index contributed by atoms with van der Waals surface area (Å²) >= 11 is 0. The van der Waals surface area contributed by atoms with E-state index in [1.165, 1.54) is 0 Å². The number of nitrogens with zero attached hydrogens (tertiary/aromatic N) is 1. The molecule has 2 rings (SSSR count). The molecule has 16 heavy (non-hydrogen) atoms. The second-order valence-electron chi connectivity index (χ2n) is 4.46. The van der Waals surface area contributed by atoms with E-state index in [1.807, 2.05) is 32.9 Å². The first-order valence-corrected chi connectivity index (χ1v) is 5.36. The van der Waals surface area contributed by atoms with Crippen LogP contribution in [0.2, 0.25) is 0 Å². The zero-order valence-electron chi connectivity index (χ0n) is 10.1. The third kappa shape index (κ3) is 2.06. The largest absolute Gasteiger partial charge is 0.494 e. The van der Waals surface area contributed by atoms with E-state index in [2.05, 4.69) is 4.98 Å². The molecule has 1 fully saturated rings. The van der Waals surface area contributed by atoms with Gasteiger partial charge < -0.3 is 14.0 Å². The molecule has 0 aliphatic carbocycles. The van der Waals surface area contributed by atoms with E-state index in [4.69, 9.17) is 14.0 Å². The highest BCUT2D eigenvalue weighted by atomic mass is 16.7. The number of hydrogen-bond acceptors (Lipinski definition) is 4. The summed E-state index contributed by atoms with van der Waals surface area (Å²) in [5.74, 6) is 0.571. The molecular weight excluding hydrogens is 205 g/mol. The summed E-state index contributed by atoms with van der Waals surface area (Å²) in [6.07, 6.45) is 1.76. The van der Waals surface area contributed by atoms with Gasteiger partial charge in [0.1, 0.15) is 0 Å². The second kappa shape index (κ2) is 4.07. The minimum absolute atomic E-state index is 0.0664. The van der Waals surface area contributed by atoms with Gasteiger partial charge in [0.2, 0.25) is 5.88 Å². The third-order valence-electron chi connectivity index (χ3n) is 2.96. The van der Waals surface area contributed by atoms with Gasteiger partial charge in [-0.1, -0.05) is 0 Å². The van der Waals surface area contributed by atoms with Crippen LogP contribution < -0.4 is 10.2 Å². The molecule has 1 saturated heterocycles. The Morgan fingerprint density at radius 1 is 1.50 bits per heavy atom. The van der Waals surface area contributed by atoms with Crippen LogP contribution in [0.5, 0.6) is 5.88 Å². The van der Waals surface area contributed by atoms with Crippen molar-refractivity contribution in [3.05, 3.63) is 18.3 Å². The predicted octanol–water partition coefficient (Wildman–Crippen LogP) is 0.999.